The number of methoxy groups -OCH3 is 1. The summed E-state index contributed by atoms with van der Waals surface area (Å²) in [5.74, 6) is -0.0252. The van der Waals surface area contributed by atoms with Gasteiger partial charge in [0.25, 0.3) is 0 Å². The first-order valence-electron chi connectivity index (χ1n) is 4.98. The number of rotatable bonds is 4. The third-order valence-corrected chi connectivity index (χ3v) is 4.57. The van der Waals surface area contributed by atoms with Gasteiger partial charge >= 0.3 is 5.97 Å². The van der Waals surface area contributed by atoms with Crippen molar-refractivity contribution in [3.05, 3.63) is 28.1 Å². The van der Waals surface area contributed by atoms with Crippen LogP contribution in [0.4, 0.5) is 0 Å². The van der Waals surface area contributed by atoms with E-state index in [9.17, 15) is 4.79 Å². The topological polar surface area (TPSA) is 52.1 Å². The molecule has 0 atom stereocenters. The Morgan fingerprint density at radius 3 is 2.78 bits per heavy atom. The Morgan fingerprint density at radius 1 is 1.39 bits per heavy atom. The average molecular weight is 345 g/mol. The van der Waals surface area contributed by atoms with Gasteiger partial charge in [-0.2, -0.15) is 0 Å². The van der Waals surface area contributed by atoms with E-state index in [1.165, 1.54) is 18.9 Å². The number of esters is 1. The van der Waals surface area contributed by atoms with Gasteiger partial charge in [-0.25, -0.2) is 0 Å². The van der Waals surface area contributed by atoms with Crippen LogP contribution in [-0.2, 0) is 9.53 Å². The molecule has 0 aliphatic rings. The molecule has 2 heterocycles. The first-order chi connectivity index (χ1) is 8.69. The number of carbonyl (C=O) groups excluding carboxylic acids is 1. The Labute approximate surface area is 121 Å². The summed E-state index contributed by atoms with van der Waals surface area (Å²) in [6.45, 7) is 0. The molecule has 2 aromatic heterocycles. The van der Waals surface area contributed by atoms with Gasteiger partial charge in [-0.3, -0.25) is 4.79 Å². The van der Waals surface area contributed by atoms with Gasteiger partial charge in [0.2, 0.25) is 0 Å². The minimum atomic E-state index is -0.270. The zero-order valence-electron chi connectivity index (χ0n) is 9.42. The standard InChI is InChI=1S/C11H9BrN2O2S2/c1-16-11(15)6-17-10-5-2-7(13-14-10)8-3-4-9(12)18-8/h2-5H,6H2,1H3. The lowest BCUT2D eigenvalue weighted by Crippen LogP contribution is -2.03. The summed E-state index contributed by atoms with van der Waals surface area (Å²) in [5, 5.41) is 8.91. The van der Waals surface area contributed by atoms with E-state index in [2.05, 4.69) is 30.9 Å². The quantitative estimate of drug-likeness (QED) is 0.629. The molecule has 18 heavy (non-hydrogen) atoms. The van der Waals surface area contributed by atoms with Crippen LogP contribution < -0.4 is 0 Å². The molecule has 0 spiro atoms. The van der Waals surface area contributed by atoms with Gasteiger partial charge in [-0.05, 0) is 40.2 Å². The third-order valence-electron chi connectivity index (χ3n) is 2.03. The van der Waals surface area contributed by atoms with E-state index in [-0.39, 0.29) is 11.7 Å². The van der Waals surface area contributed by atoms with Crippen molar-refractivity contribution in [2.75, 3.05) is 12.9 Å². The van der Waals surface area contributed by atoms with Gasteiger partial charge in [-0.15, -0.1) is 21.5 Å². The molecule has 0 saturated heterocycles. The number of carbonyl (C=O) groups is 1. The largest absolute Gasteiger partial charge is 0.468 e. The van der Waals surface area contributed by atoms with E-state index in [0.29, 0.717) is 5.03 Å². The van der Waals surface area contributed by atoms with Crippen LogP contribution in [0.2, 0.25) is 0 Å². The Hall–Kier alpha value is -0.920. The lowest BCUT2D eigenvalue weighted by molar-refractivity contribution is -0.137. The second-order valence-electron chi connectivity index (χ2n) is 3.23. The molecule has 2 rings (SSSR count). The second-order valence-corrected chi connectivity index (χ2v) is 6.68. The zero-order chi connectivity index (χ0) is 13.0. The number of hydrogen-bond acceptors (Lipinski definition) is 6. The number of thioether (sulfide) groups is 1. The van der Waals surface area contributed by atoms with E-state index in [1.807, 2.05) is 24.3 Å². The van der Waals surface area contributed by atoms with Gasteiger partial charge in [-0.1, -0.05) is 11.8 Å². The first-order valence-corrected chi connectivity index (χ1v) is 7.57. The minimum absolute atomic E-state index is 0.245. The third kappa shape index (κ3) is 3.54. The van der Waals surface area contributed by atoms with E-state index in [4.69, 9.17) is 0 Å². The van der Waals surface area contributed by atoms with E-state index in [0.717, 1.165) is 14.4 Å². The fraction of sp³-hybridized carbons (Fsp3) is 0.182. The predicted octanol–water partition coefficient (Wildman–Crippen LogP) is 3.23. The van der Waals surface area contributed by atoms with Crippen molar-refractivity contribution in [1.29, 1.82) is 0 Å². The molecule has 94 valence electrons. The van der Waals surface area contributed by atoms with Gasteiger partial charge in [0.1, 0.15) is 10.7 Å². The van der Waals surface area contributed by atoms with Crippen LogP contribution in [0.5, 0.6) is 0 Å². The van der Waals surface area contributed by atoms with Gasteiger partial charge in [0.05, 0.1) is 21.5 Å². The number of ether oxygens (including phenoxy) is 1. The Balaban J connectivity index is 2.03. The first kappa shape index (κ1) is 13.5. The highest BCUT2D eigenvalue weighted by Gasteiger charge is 2.06. The average Bonchev–Trinajstić information content (AvgIpc) is 2.83. The number of aromatic nitrogens is 2. The molecule has 2 aromatic rings. The van der Waals surface area contributed by atoms with Gasteiger partial charge < -0.3 is 4.74 Å². The molecule has 0 fully saturated rings. The maximum atomic E-state index is 11.0. The fourth-order valence-electron chi connectivity index (χ4n) is 1.17. The van der Waals surface area contributed by atoms with Crippen LogP contribution in [0.25, 0.3) is 10.6 Å². The normalized spacial score (nSPS) is 10.3. The van der Waals surface area contributed by atoms with Gasteiger partial charge in [0.15, 0.2) is 0 Å². The second kappa shape index (κ2) is 6.31. The van der Waals surface area contributed by atoms with Crippen molar-refractivity contribution >= 4 is 45.0 Å². The molecule has 4 nitrogen and oxygen atoms in total. The van der Waals surface area contributed by atoms with E-state index < -0.39 is 0 Å². The number of thiophene rings is 1. The highest BCUT2D eigenvalue weighted by Crippen LogP contribution is 2.30. The van der Waals surface area contributed by atoms with Crippen LogP contribution in [0.3, 0.4) is 0 Å². The molecular weight excluding hydrogens is 336 g/mol. The number of nitrogens with zero attached hydrogens (tertiary/aromatic N) is 2. The van der Waals surface area contributed by atoms with Gasteiger partial charge in [0, 0.05) is 0 Å². The Morgan fingerprint density at radius 2 is 2.22 bits per heavy atom. The van der Waals surface area contributed by atoms with Crippen LogP contribution in [-0.4, -0.2) is 29.0 Å². The molecule has 0 unspecified atom stereocenters. The maximum absolute atomic E-state index is 11.0. The molecule has 0 aromatic carbocycles. The monoisotopic (exact) mass is 344 g/mol. The predicted molar refractivity (Wildman–Crippen MR) is 75.8 cm³/mol. The van der Waals surface area contributed by atoms with Crippen LogP contribution in [0.1, 0.15) is 0 Å². The van der Waals surface area contributed by atoms with Crippen molar-refractivity contribution in [1.82, 2.24) is 10.2 Å². The van der Waals surface area contributed by atoms with Crippen LogP contribution >= 0.6 is 39.0 Å². The lowest BCUT2D eigenvalue weighted by atomic mass is 10.3. The minimum Gasteiger partial charge on any atom is -0.468 e. The molecule has 0 aliphatic carbocycles. The molecular formula is C11H9BrN2O2S2. The van der Waals surface area contributed by atoms with E-state index >= 15 is 0 Å². The molecule has 0 saturated carbocycles. The van der Waals surface area contributed by atoms with E-state index in [1.54, 1.807) is 11.3 Å². The lowest BCUT2D eigenvalue weighted by Gasteiger charge is -2.00. The molecule has 7 heteroatoms. The summed E-state index contributed by atoms with van der Waals surface area (Å²) in [4.78, 5) is 12.0. The summed E-state index contributed by atoms with van der Waals surface area (Å²) in [7, 11) is 1.37. The van der Waals surface area contributed by atoms with Crippen LogP contribution in [0, 0.1) is 0 Å². The van der Waals surface area contributed by atoms with Crippen molar-refractivity contribution in [3.8, 4) is 10.6 Å². The fourth-order valence-corrected chi connectivity index (χ4v) is 3.17. The number of halogens is 1. The highest BCUT2D eigenvalue weighted by atomic mass is 79.9. The molecule has 0 radical (unpaired) electrons. The Bertz CT molecular complexity index is 542. The summed E-state index contributed by atoms with van der Waals surface area (Å²) in [5.41, 5.74) is 0.827. The summed E-state index contributed by atoms with van der Waals surface area (Å²) in [6.07, 6.45) is 0. The SMILES string of the molecule is COC(=O)CSc1ccc(-c2ccc(Br)s2)nn1. The highest BCUT2D eigenvalue weighted by molar-refractivity contribution is 9.11. The van der Waals surface area contributed by atoms with Crippen molar-refractivity contribution < 1.29 is 9.53 Å². The summed E-state index contributed by atoms with van der Waals surface area (Å²) < 4.78 is 5.61. The zero-order valence-corrected chi connectivity index (χ0v) is 12.6. The summed E-state index contributed by atoms with van der Waals surface area (Å²) in [6, 6.07) is 7.70. The smallest absolute Gasteiger partial charge is 0.316 e. The maximum Gasteiger partial charge on any atom is 0.316 e. The molecule has 0 bridgehead atoms. The van der Waals surface area contributed by atoms with Crippen molar-refractivity contribution in [2.24, 2.45) is 0 Å². The molecule has 0 amide bonds. The van der Waals surface area contributed by atoms with Crippen LogP contribution in [0.15, 0.2) is 33.1 Å². The summed E-state index contributed by atoms with van der Waals surface area (Å²) >= 11 is 6.32. The number of hydrogen-bond donors (Lipinski definition) is 0. The Kier molecular flexibility index (Phi) is 4.73. The van der Waals surface area contributed by atoms with Crippen molar-refractivity contribution in [3.63, 3.8) is 0 Å². The molecule has 0 N–H and O–H groups in total. The molecule has 0 aliphatic heterocycles. The van der Waals surface area contributed by atoms with Crippen molar-refractivity contribution in [2.45, 2.75) is 5.03 Å².